The van der Waals surface area contributed by atoms with Gasteiger partial charge in [-0.25, -0.2) is 8.78 Å². The summed E-state index contributed by atoms with van der Waals surface area (Å²) in [4.78, 5) is 0. The number of nitrogens with two attached hydrogens (primary N) is 1. The van der Waals surface area contributed by atoms with Gasteiger partial charge >= 0.3 is 0 Å². The Balaban J connectivity index is 2.75. The molecule has 5 heteroatoms. The quantitative estimate of drug-likeness (QED) is 0.919. The van der Waals surface area contributed by atoms with Crippen LogP contribution in [0.1, 0.15) is 18.5 Å². The zero-order valence-corrected chi connectivity index (χ0v) is 9.80. The van der Waals surface area contributed by atoms with E-state index in [2.05, 4.69) is 15.9 Å². The minimum Gasteiger partial charge on any atom is -0.486 e. The molecule has 0 heterocycles. The van der Waals surface area contributed by atoms with Crippen molar-refractivity contribution >= 4 is 15.9 Å². The Kier molecular flexibility index (Phi) is 4.47. The van der Waals surface area contributed by atoms with Crippen LogP contribution in [0.15, 0.2) is 22.7 Å². The molecule has 0 aromatic heterocycles. The standard InChI is InChI=1S/C10H12BrF2NO/c1-6(14)7-2-3-9(8(11)4-7)15-5-10(12)13/h2-4,6,10H,5,14H2,1H3/t6-/m0/s1. The van der Waals surface area contributed by atoms with Crippen molar-refractivity contribution in [3.63, 3.8) is 0 Å². The molecule has 0 amide bonds. The van der Waals surface area contributed by atoms with Gasteiger partial charge < -0.3 is 10.5 Å². The molecule has 0 spiro atoms. The van der Waals surface area contributed by atoms with Crippen LogP contribution in [0.3, 0.4) is 0 Å². The summed E-state index contributed by atoms with van der Waals surface area (Å²) in [7, 11) is 0. The Hall–Kier alpha value is -0.680. The summed E-state index contributed by atoms with van der Waals surface area (Å²) in [6.07, 6.45) is -2.47. The summed E-state index contributed by atoms with van der Waals surface area (Å²) >= 11 is 3.24. The molecule has 0 fully saturated rings. The largest absolute Gasteiger partial charge is 0.486 e. The average molecular weight is 280 g/mol. The van der Waals surface area contributed by atoms with Crippen molar-refractivity contribution in [2.75, 3.05) is 6.61 Å². The lowest BCUT2D eigenvalue weighted by Gasteiger charge is -2.10. The van der Waals surface area contributed by atoms with Crippen LogP contribution in [0.2, 0.25) is 0 Å². The molecular formula is C10H12BrF2NO. The normalized spacial score (nSPS) is 12.9. The summed E-state index contributed by atoms with van der Waals surface area (Å²) < 4.78 is 29.3. The van der Waals surface area contributed by atoms with Gasteiger partial charge in [0.05, 0.1) is 4.47 Å². The minimum atomic E-state index is -2.47. The van der Waals surface area contributed by atoms with Crippen molar-refractivity contribution in [3.05, 3.63) is 28.2 Å². The fourth-order valence-corrected chi connectivity index (χ4v) is 1.58. The van der Waals surface area contributed by atoms with E-state index in [-0.39, 0.29) is 6.04 Å². The van der Waals surface area contributed by atoms with Gasteiger partial charge in [0.25, 0.3) is 6.43 Å². The molecule has 15 heavy (non-hydrogen) atoms. The number of halogens is 3. The van der Waals surface area contributed by atoms with Crippen molar-refractivity contribution in [2.24, 2.45) is 5.73 Å². The fraction of sp³-hybridized carbons (Fsp3) is 0.400. The molecule has 0 bridgehead atoms. The van der Waals surface area contributed by atoms with Gasteiger partial charge in [-0.3, -0.25) is 0 Å². The van der Waals surface area contributed by atoms with Crippen molar-refractivity contribution in [3.8, 4) is 5.75 Å². The minimum absolute atomic E-state index is 0.0922. The van der Waals surface area contributed by atoms with Gasteiger partial charge in [0, 0.05) is 6.04 Å². The summed E-state index contributed by atoms with van der Waals surface area (Å²) in [6, 6.07) is 5.07. The van der Waals surface area contributed by atoms with Gasteiger partial charge in [-0.2, -0.15) is 0 Å². The van der Waals surface area contributed by atoms with Crippen molar-refractivity contribution in [1.29, 1.82) is 0 Å². The van der Waals surface area contributed by atoms with Gasteiger partial charge in [-0.05, 0) is 40.5 Å². The van der Waals surface area contributed by atoms with E-state index in [1.165, 1.54) is 0 Å². The van der Waals surface area contributed by atoms with Gasteiger partial charge in [0.1, 0.15) is 12.4 Å². The van der Waals surface area contributed by atoms with Crippen LogP contribution in [-0.2, 0) is 0 Å². The summed E-state index contributed by atoms with van der Waals surface area (Å²) in [5.74, 6) is 0.403. The van der Waals surface area contributed by atoms with E-state index in [1.54, 1.807) is 18.2 Å². The highest BCUT2D eigenvalue weighted by Gasteiger charge is 2.08. The Morgan fingerprint density at radius 1 is 1.47 bits per heavy atom. The van der Waals surface area contributed by atoms with E-state index in [9.17, 15) is 8.78 Å². The number of alkyl halides is 2. The highest BCUT2D eigenvalue weighted by Crippen LogP contribution is 2.28. The second-order valence-electron chi connectivity index (χ2n) is 3.18. The van der Waals surface area contributed by atoms with Gasteiger partial charge in [0.15, 0.2) is 0 Å². The molecule has 1 atom stereocenters. The molecule has 0 radical (unpaired) electrons. The Labute approximate surface area is 95.5 Å². The molecule has 84 valence electrons. The molecular weight excluding hydrogens is 268 g/mol. The zero-order chi connectivity index (χ0) is 11.4. The predicted molar refractivity (Wildman–Crippen MR) is 58.2 cm³/mol. The molecule has 0 aliphatic carbocycles. The summed E-state index contributed by atoms with van der Waals surface area (Å²) in [6.45, 7) is 1.25. The molecule has 2 nitrogen and oxygen atoms in total. The van der Waals surface area contributed by atoms with E-state index in [1.807, 2.05) is 6.92 Å². The third kappa shape index (κ3) is 3.76. The Bertz CT molecular complexity index is 331. The van der Waals surface area contributed by atoms with Crippen LogP contribution in [0.25, 0.3) is 0 Å². The highest BCUT2D eigenvalue weighted by molar-refractivity contribution is 9.10. The second kappa shape index (κ2) is 5.42. The molecule has 1 aromatic carbocycles. The molecule has 0 saturated heterocycles. The highest BCUT2D eigenvalue weighted by atomic mass is 79.9. The van der Waals surface area contributed by atoms with E-state index in [0.29, 0.717) is 10.2 Å². The molecule has 0 aliphatic heterocycles. The zero-order valence-electron chi connectivity index (χ0n) is 8.21. The maximum absolute atomic E-state index is 11.9. The van der Waals surface area contributed by atoms with Crippen LogP contribution < -0.4 is 10.5 Å². The molecule has 2 N–H and O–H groups in total. The first kappa shape index (κ1) is 12.4. The summed E-state index contributed by atoms with van der Waals surface area (Å²) in [5, 5.41) is 0. The average Bonchev–Trinajstić information content (AvgIpc) is 2.15. The lowest BCUT2D eigenvalue weighted by molar-refractivity contribution is 0.0815. The maximum atomic E-state index is 11.9. The van der Waals surface area contributed by atoms with Crippen molar-refractivity contribution in [1.82, 2.24) is 0 Å². The number of hydrogen-bond donors (Lipinski definition) is 1. The fourth-order valence-electron chi connectivity index (χ4n) is 1.07. The van der Waals surface area contributed by atoms with Gasteiger partial charge in [-0.1, -0.05) is 6.07 Å². The van der Waals surface area contributed by atoms with E-state index in [4.69, 9.17) is 10.5 Å². The lowest BCUT2D eigenvalue weighted by Crippen LogP contribution is -2.08. The molecule has 0 aliphatic rings. The van der Waals surface area contributed by atoms with E-state index >= 15 is 0 Å². The third-order valence-electron chi connectivity index (χ3n) is 1.85. The van der Waals surface area contributed by atoms with E-state index < -0.39 is 13.0 Å². The van der Waals surface area contributed by atoms with Crippen LogP contribution in [0.4, 0.5) is 8.78 Å². The number of rotatable bonds is 4. The Morgan fingerprint density at radius 3 is 2.60 bits per heavy atom. The van der Waals surface area contributed by atoms with Gasteiger partial charge in [-0.15, -0.1) is 0 Å². The number of benzene rings is 1. The van der Waals surface area contributed by atoms with Crippen LogP contribution in [0.5, 0.6) is 5.75 Å². The third-order valence-corrected chi connectivity index (χ3v) is 2.47. The number of ether oxygens (including phenoxy) is 1. The van der Waals surface area contributed by atoms with E-state index in [0.717, 1.165) is 5.56 Å². The van der Waals surface area contributed by atoms with Crippen LogP contribution >= 0.6 is 15.9 Å². The second-order valence-corrected chi connectivity index (χ2v) is 4.03. The van der Waals surface area contributed by atoms with Crippen molar-refractivity contribution in [2.45, 2.75) is 19.4 Å². The van der Waals surface area contributed by atoms with Crippen LogP contribution in [-0.4, -0.2) is 13.0 Å². The first-order valence-electron chi connectivity index (χ1n) is 4.46. The molecule has 1 rings (SSSR count). The molecule has 0 saturated carbocycles. The summed E-state index contributed by atoms with van der Waals surface area (Å²) in [5.41, 5.74) is 6.60. The monoisotopic (exact) mass is 279 g/mol. The first-order chi connectivity index (χ1) is 7.00. The Morgan fingerprint density at radius 2 is 2.13 bits per heavy atom. The first-order valence-corrected chi connectivity index (χ1v) is 5.26. The molecule has 1 aromatic rings. The predicted octanol–water partition coefficient (Wildman–Crippen LogP) is 3.11. The molecule has 0 unspecified atom stereocenters. The number of hydrogen-bond acceptors (Lipinski definition) is 2. The maximum Gasteiger partial charge on any atom is 0.272 e. The lowest BCUT2D eigenvalue weighted by atomic mass is 10.1. The smallest absolute Gasteiger partial charge is 0.272 e. The van der Waals surface area contributed by atoms with Crippen molar-refractivity contribution < 1.29 is 13.5 Å². The van der Waals surface area contributed by atoms with Crippen LogP contribution in [0, 0.1) is 0 Å². The van der Waals surface area contributed by atoms with Gasteiger partial charge in [0.2, 0.25) is 0 Å². The SMILES string of the molecule is C[C@H](N)c1ccc(OCC(F)F)c(Br)c1. The topological polar surface area (TPSA) is 35.2 Å².